The van der Waals surface area contributed by atoms with E-state index in [9.17, 15) is 4.79 Å². The van der Waals surface area contributed by atoms with Crippen molar-refractivity contribution in [1.82, 2.24) is 4.57 Å². The summed E-state index contributed by atoms with van der Waals surface area (Å²) < 4.78 is 23.8. The van der Waals surface area contributed by atoms with Crippen molar-refractivity contribution in [3.63, 3.8) is 0 Å². The molecule has 2 aliphatic rings. The number of benzene rings is 2. The van der Waals surface area contributed by atoms with Gasteiger partial charge < -0.3 is 20.4 Å². The SMILES string of the molecule is Cc1cccc(CCCNc2c(F)c(N)c3c(=O)c(C)cn4c3c2OCC42CCCC2)c1. The average molecular weight is 436 g/mol. The number of nitrogens with two attached hydrogens (primary N) is 1. The van der Waals surface area contributed by atoms with E-state index in [2.05, 4.69) is 41.1 Å². The number of nitrogens with one attached hydrogen (secondary N) is 1. The van der Waals surface area contributed by atoms with Crippen LogP contribution in [-0.2, 0) is 12.0 Å². The van der Waals surface area contributed by atoms with Crippen LogP contribution in [0, 0.1) is 19.7 Å². The molecule has 0 saturated heterocycles. The lowest BCUT2D eigenvalue weighted by atomic mass is 9.93. The van der Waals surface area contributed by atoms with Crippen LogP contribution in [0.3, 0.4) is 0 Å². The molecule has 2 heterocycles. The van der Waals surface area contributed by atoms with Gasteiger partial charge in [-0.2, -0.15) is 0 Å². The maximum atomic E-state index is 15.4. The second-order valence-electron chi connectivity index (χ2n) is 9.41. The summed E-state index contributed by atoms with van der Waals surface area (Å²) >= 11 is 0. The van der Waals surface area contributed by atoms with Crippen molar-refractivity contribution in [1.29, 1.82) is 0 Å². The molecule has 0 atom stereocenters. The van der Waals surface area contributed by atoms with Gasteiger partial charge in [0.15, 0.2) is 17.0 Å². The van der Waals surface area contributed by atoms with Crippen molar-refractivity contribution in [3.05, 3.63) is 63.2 Å². The van der Waals surface area contributed by atoms with Crippen LogP contribution in [0.2, 0.25) is 0 Å². The number of hydrogen-bond acceptors (Lipinski definition) is 4. The molecule has 0 bridgehead atoms. The van der Waals surface area contributed by atoms with Gasteiger partial charge in [0.25, 0.3) is 0 Å². The van der Waals surface area contributed by atoms with Crippen LogP contribution in [0.1, 0.15) is 48.8 Å². The first kappa shape index (κ1) is 20.9. The standard InChI is InChI=1S/C26H30FN3O2/c1-16-7-5-8-18(13-16)9-6-12-29-22-20(27)21(28)19-23-25(22)32-15-26(10-3-4-11-26)30(23)14-17(2)24(19)31/h5,7-8,13-14,29H,3-4,6,9-12,15,28H2,1-2H3. The van der Waals surface area contributed by atoms with E-state index in [1.54, 1.807) is 6.92 Å². The maximum absolute atomic E-state index is 15.4. The lowest BCUT2D eigenvalue weighted by molar-refractivity contribution is 0.143. The minimum atomic E-state index is -0.598. The van der Waals surface area contributed by atoms with Gasteiger partial charge >= 0.3 is 0 Å². The van der Waals surface area contributed by atoms with Crippen LogP contribution in [0.15, 0.2) is 35.3 Å². The quantitative estimate of drug-likeness (QED) is 0.435. The number of pyridine rings is 1. The molecule has 1 fully saturated rings. The second-order valence-corrected chi connectivity index (χ2v) is 9.41. The number of nitrogens with zero attached hydrogens (tertiary/aromatic N) is 1. The molecule has 32 heavy (non-hydrogen) atoms. The first-order valence-corrected chi connectivity index (χ1v) is 11.5. The molecule has 2 aromatic carbocycles. The van der Waals surface area contributed by atoms with Crippen molar-refractivity contribution in [2.45, 2.75) is 57.9 Å². The minimum absolute atomic E-state index is 0.0916. The van der Waals surface area contributed by atoms with Gasteiger partial charge in [-0.05, 0) is 45.1 Å². The molecule has 5 nitrogen and oxygen atoms in total. The largest absolute Gasteiger partial charge is 0.487 e. The molecule has 6 heteroatoms. The summed E-state index contributed by atoms with van der Waals surface area (Å²) in [7, 11) is 0. The number of fused-ring (bicyclic) bond motifs is 1. The molecule has 1 aliphatic heterocycles. The highest BCUT2D eigenvalue weighted by Crippen LogP contribution is 2.48. The Bertz CT molecular complexity index is 1260. The van der Waals surface area contributed by atoms with Crippen molar-refractivity contribution in [2.24, 2.45) is 0 Å². The fourth-order valence-corrected chi connectivity index (χ4v) is 5.42. The summed E-state index contributed by atoms with van der Waals surface area (Å²) in [6.45, 7) is 4.92. The van der Waals surface area contributed by atoms with E-state index >= 15 is 4.39 Å². The number of aromatic nitrogens is 1. The Kier molecular flexibility index (Phi) is 5.11. The lowest BCUT2D eigenvalue weighted by Gasteiger charge is -2.39. The molecule has 1 saturated carbocycles. The van der Waals surface area contributed by atoms with Gasteiger partial charge in [-0.25, -0.2) is 4.39 Å². The Labute approximate surface area is 187 Å². The highest BCUT2D eigenvalue weighted by atomic mass is 19.1. The average Bonchev–Trinajstić information content (AvgIpc) is 3.24. The number of ether oxygens (including phenoxy) is 1. The van der Waals surface area contributed by atoms with Crippen molar-refractivity contribution in [3.8, 4) is 5.75 Å². The molecule has 0 unspecified atom stereocenters. The molecular weight excluding hydrogens is 405 g/mol. The van der Waals surface area contributed by atoms with Crippen molar-refractivity contribution in [2.75, 3.05) is 24.2 Å². The zero-order valence-electron chi connectivity index (χ0n) is 18.8. The van der Waals surface area contributed by atoms with Gasteiger partial charge in [0, 0.05) is 18.3 Å². The zero-order valence-corrected chi connectivity index (χ0v) is 18.8. The third-order valence-electron chi connectivity index (χ3n) is 7.11. The molecule has 1 aromatic heterocycles. The van der Waals surface area contributed by atoms with E-state index in [1.165, 1.54) is 11.1 Å². The number of aryl methyl sites for hydroxylation is 3. The summed E-state index contributed by atoms with van der Waals surface area (Å²) in [6, 6.07) is 8.41. The monoisotopic (exact) mass is 435 g/mol. The lowest BCUT2D eigenvalue weighted by Crippen LogP contribution is -2.41. The molecule has 0 amide bonds. The van der Waals surface area contributed by atoms with Gasteiger partial charge in [0.2, 0.25) is 0 Å². The predicted molar refractivity (Wildman–Crippen MR) is 127 cm³/mol. The number of rotatable bonds is 5. The van der Waals surface area contributed by atoms with E-state index in [0.29, 0.717) is 30.0 Å². The van der Waals surface area contributed by atoms with Gasteiger partial charge in [0.1, 0.15) is 12.3 Å². The third kappa shape index (κ3) is 3.24. The van der Waals surface area contributed by atoms with Crippen LogP contribution in [-0.4, -0.2) is 17.7 Å². The zero-order chi connectivity index (χ0) is 22.5. The molecule has 168 valence electrons. The first-order valence-electron chi connectivity index (χ1n) is 11.5. The van der Waals surface area contributed by atoms with E-state index < -0.39 is 5.82 Å². The number of halogens is 1. The summed E-state index contributed by atoms with van der Waals surface area (Å²) in [6.07, 6.45) is 7.85. The predicted octanol–water partition coefficient (Wildman–Crippen LogP) is 5.05. The van der Waals surface area contributed by atoms with Crippen LogP contribution in [0.5, 0.6) is 5.75 Å². The van der Waals surface area contributed by atoms with Crippen LogP contribution in [0.25, 0.3) is 10.9 Å². The highest BCUT2D eigenvalue weighted by Gasteiger charge is 2.42. The normalized spacial score (nSPS) is 16.5. The molecule has 1 spiro atoms. The Morgan fingerprint density at radius 3 is 2.78 bits per heavy atom. The van der Waals surface area contributed by atoms with E-state index in [-0.39, 0.29) is 27.7 Å². The molecule has 0 radical (unpaired) electrons. The van der Waals surface area contributed by atoms with Crippen LogP contribution in [0.4, 0.5) is 15.8 Å². The molecule has 1 aliphatic carbocycles. The van der Waals surface area contributed by atoms with Crippen molar-refractivity contribution < 1.29 is 9.13 Å². The summed E-state index contributed by atoms with van der Waals surface area (Å²) in [5.74, 6) is -0.184. The Morgan fingerprint density at radius 2 is 2.03 bits per heavy atom. The van der Waals surface area contributed by atoms with Crippen molar-refractivity contribution >= 4 is 22.3 Å². The first-order chi connectivity index (χ1) is 15.4. The maximum Gasteiger partial charge on any atom is 0.194 e. The summed E-state index contributed by atoms with van der Waals surface area (Å²) in [4.78, 5) is 13.0. The number of anilines is 2. The summed E-state index contributed by atoms with van der Waals surface area (Å²) in [5.41, 5.74) is 9.70. The van der Waals surface area contributed by atoms with E-state index in [1.807, 2.05) is 6.20 Å². The second kappa shape index (κ2) is 7.84. The molecule has 5 rings (SSSR count). The van der Waals surface area contributed by atoms with Gasteiger partial charge in [0.05, 0.1) is 22.1 Å². The topological polar surface area (TPSA) is 69.3 Å². The van der Waals surface area contributed by atoms with Gasteiger partial charge in [-0.1, -0.05) is 42.7 Å². The molecule has 3 aromatic rings. The smallest absolute Gasteiger partial charge is 0.194 e. The Morgan fingerprint density at radius 1 is 1.25 bits per heavy atom. The number of hydrogen-bond donors (Lipinski definition) is 2. The fourth-order valence-electron chi connectivity index (χ4n) is 5.42. The fraction of sp³-hybridized carbons (Fsp3) is 0.423. The van der Waals surface area contributed by atoms with Gasteiger partial charge in [-0.15, -0.1) is 0 Å². The summed E-state index contributed by atoms with van der Waals surface area (Å²) in [5, 5.41) is 3.47. The van der Waals surface area contributed by atoms with Gasteiger partial charge in [-0.3, -0.25) is 4.79 Å². The molecule has 3 N–H and O–H groups in total. The third-order valence-corrected chi connectivity index (χ3v) is 7.11. The van der Waals surface area contributed by atoms with E-state index in [0.717, 1.165) is 38.5 Å². The molecular formula is C26H30FN3O2. The van der Waals surface area contributed by atoms with E-state index in [4.69, 9.17) is 10.5 Å². The van der Waals surface area contributed by atoms with Crippen LogP contribution >= 0.6 is 0 Å². The minimum Gasteiger partial charge on any atom is -0.487 e. The van der Waals surface area contributed by atoms with Crippen LogP contribution < -0.4 is 21.2 Å². The Balaban J connectivity index is 1.53. The Hall–Kier alpha value is -3.02. The number of nitrogen functional groups attached to an aromatic ring is 1. The highest BCUT2D eigenvalue weighted by molar-refractivity contribution is 6.00.